The molecular weight excluding hydrogens is 294 g/mol. The minimum absolute atomic E-state index is 0.124. The molecule has 0 unspecified atom stereocenters. The van der Waals surface area contributed by atoms with Crippen molar-refractivity contribution in [2.75, 3.05) is 0 Å². The summed E-state index contributed by atoms with van der Waals surface area (Å²) in [5.74, 6) is 0.614. The van der Waals surface area contributed by atoms with Crippen LogP contribution in [0.5, 0.6) is 0 Å². The van der Waals surface area contributed by atoms with Crippen LogP contribution < -0.4 is 16.2 Å². The van der Waals surface area contributed by atoms with E-state index in [1.807, 2.05) is 6.07 Å². The first-order valence-corrected chi connectivity index (χ1v) is 7.99. The van der Waals surface area contributed by atoms with Gasteiger partial charge in [0.25, 0.3) is 11.2 Å². The second-order valence-corrected chi connectivity index (χ2v) is 6.01. The van der Waals surface area contributed by atoms with Crippen molar-refractivity contribution in [3.05, 3.63) is 51.5 Å². The first-order chi connectivity index (χ1) is 11.3. The van der Waals surface area contributed by atoms with Crippen molar-refractivity contribution in [2.24, 2.45) is 0 Å². The number of nitrogens with one attached hydrogen (secondary N) is 2. The zero-order chi connectivity index (χ0) is 15.8. The number of hydrogen-bond acceptors (Lipinski definition) is 3. The van der Waals surface area contributed by atoms with Crippen LogP contribution in [0.1, 0.15) is 38.1 Å². The molecule has 1 fully saturated rings. The molecule has 0 aliphatic heterocycles. The van der Waals surface area contributed by atoms with Gasteiger partial charge in [-0.3, -0.25) is 9.78 Å². The molecule has 0 spiro atoms. The van der Waals surface area contributed by atoms with Crippen LogP contribution in [0.15, 0.2) is 44.7 Å². The highest BCUT2D eigenvalue weighted by atomic mass is 16.3. The first-order valence-electron chi connectivity index (χ1n) is 7.99. The fourth-order valence-corrected chi connectivity index (χ4v) is 3.55. The lowest BCUT2D eigenvalue weighted by molar-refractivity contribution is -0.350. The van der Waals surface area contributed by atoms with Crippen LogP contribution in [-0.2, 0) is 0 Å². The maximum absolute atomic E-state index is 12.4. The van der Waals surface area contributed by atoms with E-state index in [1.54, 1.807) is 29.2 Å². The van der Waals surface area contributed by atoms with Crippen LogP contribution in [0, 0.1) is 0 Å². The van der Waals surface area contributed by atoms with Crippen LogP contribution in [0.3, 0.4) is 0 Å². The normalized spacial score (nSPS) is 16.0. The Morgan fingerprint density at radius 1 is 1.17 bits per heavy atom. The van der Waals surface area contributed by atoms with Gasteiger partial charge in [-0.2, -0.15) is 4.57 Å². The summed E-state index contributed by atoms with van der Waals surface area (Å²) in [5.41, 5.74) is 0.525. The molecule has 0 saturated heterocycles. The monoisotopic (exact) mass is 312 g/mol. The van der Waals surface area contributed by atoms with E-state index >= 15 is 0 Å². The van der Waals surface area contributed by atoms with Gasteiger partial charge in [0, 0.05) is 5.56 Å². The summed E-state index contributed by atoms with van der Waals surface area (Å²) in [4.78, 5) is 30.4. The molecule has 3 heterocycles. The van der Waals surface area contributed by atoms with Crippen molar-refractivity contribution >= 4 is 11.0 Å². The van der Waals surface area contributed by atoms with E-state index in [0.29, 0.717) is 22.4 Å². The Bertz CT molecular complexity index is 947. The molecule has 3 aromatic rings. The Labute approximate surface area is 131 Å². The Morgan fingerprint density at radius 2 is 2.00 bits per heavy atom. The lowest BCUT2D eigenvalue weighted by Gasteiger charge is -2.19. The average Bonchev–Trinajstić information content (AvgIpc) is 3.09. The number of nitrogens with zero attached hydrogens (tertiary/aromatic N) is 1. The van der Waals surface area contributed by atoms with E-state index in [2.05, 4.69) is 9.97 Å². The maximum atomic E-state index is 12.4. The van der Waals surface area contributed by atoms with Crippen molar-refractivity contribution in [3.8, 4) is 11.3 Å². The number of aromatic amines is 2. The predicted octanol–water partition coefficient (Wildman–Crippen LogP) is 2.27. The van der Waals surface area contributed by atoms with E-state index in [9.17, 15) is 9.59 Å². The van der Waals surface area contributed by atoms with Gasteiger partial charge < -0.3 is 4.42 Å². The van der Waals surface area contributed by atoms with Gasteiger partial charge >= 0.3 is 5.69 Å². The largest absolute Gasteiger partial charge is 0.464 e. The molecule has 3 aromatic heterocycles. The minimum atomic E-state index is -0.389. The first kappa shape index (κ1) is 14.0. The summed E-state index contributed by atoms with van der Waals surface area (Å²) in [6.45, 7) is 0. The summed E-state index contributed by atoms with van der Waals surface area (Å²) in [6, 6.07) is 5.51. The van der Waals surface area contributed by atoms with Gasteiger partial charge in [0.1, 0.15) is 17.2 Å². The van der Waals surface area contributed by atoms with E-state index in [1.165, 1.54) is 6.42 Å². The molecule has 23 heavy (non-hydrogen) atoms. The van der Waals surface area contributed by atoms with E-state index < -0.39 is 0 Å². The van der Waals surface area contributed by atoms with Crippen LogP contribution in [0.2, 0.25) is 0 Å². The molecule has 6 heteroatoms. The lowest BCUT2D eigenvalue weighted by atomic mass is 9.95. The number of fused-ring (bicyclic) bond motifs is 1. The van der Waals surface area contributed by atoms with Gasteiger partial charge in [0.05, 0.1) is 12.5 Å². The van der Waals surface area contributed by atoms with Crippen LogP contribution in [-0.4, -0.2) is 9.55 Å². The lowest BCUT2D eigenvalue weighted by Crippen LogP contribution is -2.36. The highest BCUT2D eigenvalue weighted by Gasteiger charge is 2.27. The smallest absolute Gasteiger partial charge is 0.416 e. The van der Waals surface area contributed by atoms with Crippen molar-refractivity contribution in [3.63, 3.8) is 0 Å². The molecule has 118 valence electrons. The van der Waals surface area contributed by atoms with Gasteiger partial charge in [-0.15, -0.1) is 0 Å². The minimum Gasteiger partial charge on any atom is -0.464 e. The Hall–Kier alpha value is -2.63. The topological polar surface area (TPSA) is 82.1 Å². The zero-order valence-electron chi connectivity index (χ0n) is 12.7. The van der Waals surface area contributed by atoms with Crippen LogP contribution >= 0.6 is 0 Å². The summed E-state index contributed by atoms with van der Waals surface area (Å²) in [5, 5.41) is 0.465. The fourth-order valence-electron chi connectivity index (χ4n) is 3.55. The molecule has 4 rings (SSSR count). The second kappa shape index (κ2) is 5.53. The molecule has 0 radical (unpaired) electrons. The third kappa shape index (κ3) is 2.30. The predicted molar refractivity (Wildman–Crippen MR) is 85.2 cm³/mol. The molecule has 0 bridgehead atoms. The molecule has 6 nitrogen and oxygen atoms in total. The second-order valence-electron chi connectivity index (χ2n) is 6.01. The summed E-state index contributed by atoms with van der Waals surface area (Å²) >= 11 is 0. The summed E-state index contributed by atoms with van der Waals surface area (Å²) in [7, 11) is 0. The molecule has 1 aliphatic rings. The Kier molecular flexibility index (Phi) is 3.37. The number of furan rings is 1. The molecule has 1 aliphatic carbocycles. The Morgan fingerprint density at radius 3 is 2.74 bits per heavy atom. The van der Waals surface area contributed by atoms with E-state index in [0.717, 1.165) is 25.7 Å². The van der Waals surface area contributed by atoms with Crippen LogP contribution in [0.4, 0.5) is 0 Å². The van der Waals surface area contributed by atoms with Crippen molar-refractivity contribution in [1.29, 1.82) is 0 Å². The molecule has 0 amide bonds. The SMILES string of the molecule is O=c1[nH]c(=O)n(C2CCCCC2)c2[nH+]ccc(-c3ccco3)c12. The third-order valence-corrected chi connectivity index (χ3v) is 4.61. The highest BCUT2D eigenvalue weighted by Crippen LogP contribution is 2.29. The van der Waals surface area contributed by atoms with E-state index in [-0.39, 0.29) is 17.3 Å². The molecular formula is C17H18N3O3+. The van der Waals surface area contributed by atoms with Gasteiger partial charge in [-0.05, 0) is 43.9 Å². The Balaban J connectivity index is 2.03. The molecule has 0 atom stereocenters. The number of H-pyrrole nitrogens is 2. The van der Waals surface area contributed by atoms with Crippen molar-refractivity contribution in [1.82, 2.24) is 9.55 Å². The van der Waals surface area contributed by atoms with Gasteiger partial charge in [0.2, 0.25) is 0 Å². The molecule has 0 aromatic carbocycles. The van der Waals surface area contributed by atoms with E-state index in [4.69, 9.17) is 4.42 Å². The fraction of sp³-hybridized carbons (Fsp3) is 0.353. The quantitative estimate of drug-likeness (QED) is 0.788. The van der Waals surface area contributed by atoms with Gasteiger partial charge in [-0.1, -0.05) is 6.42 Å². The number of pyridine rings is 1. The van der Waals surface area contributed by atoms with Crippen LogP contribution in [0.25, 0.3) is 22.4 Å². The van der Waals surface area contributed by atoms with Gasteiger partial charge in [0.15, 0.2) is 0 Å². The summed E-state index contributed by atoms with van der Waals surface area (Å²) in [6.07, 6.45) is 8.65. The standard InChI is InChI=1S/C17H17N3O3/c21-16-14-12(13-7-4-10-23-13)8-9-18-15(14)20(17(22)19-16)11-5-2-1-3-6-11/h4,7-11H,1-3,5-6H2,(H,19,21,22)/p+1. The average molecular weight is 312 g/mol. The number of aromatic nitrogens is 3. The van der Waals surface area contributed by atoms with Gasteiger partial charge in [-0.25, -0.2) is 9.78 Å². The molecule has 2 N–H and O–H groups in total. The van der Waals surface area contributed by atoms with Crippen molar-refractivity contribution in [2.45, 2.75) is 38.1 Å². The summed E-state index contributed by atoms with van der Waals surface area (Å²) < 4.78 is 7.15. The number of rotatable bonds is 2. The number of hydrogen-bond donors (Lipinski definition) is 1. The zero-order valence-corrected chi connectivity index (χ0v) is 12.7. The molecule has 1 saturated carbocycles. The third-order valence-electron chi connectivity index (χ3n) is 4.61. The maximum Gasteiger partial charge on any atom is 0.416 e. The highest BCUT2D eigenvalue weighted by molar-refractivity contribution is 5.88. The van der Waals surface area contributed by atoms with Crippen molar-refractivity contribution < 1.29 is 9.40 Å².